The van der Waals surface area contributed by atoms with Crippen LogP contribution in [-0.4, -0.2) is 43.7 Å². The van der Waals surface area contributed by atoms with E-state index in [4.69, 9.17) is 4.74 Å². The fourth-order valence-corrected chi connectivity index (χ4v) is 6.18. The normalized spacial score (nSPS) is 13.7. The van der Waals surface area contributed by atoms with Crippen LogP contribution < -0.4 is 10.2 Å². The molecule has 232 valence electrons. The molecule has 1 aromatic heterocycles. The average Bonchev–Trinajstić information content (AvgIpc) is 3.41. The molecule has 5 heteroatoms. The summed E-state index contributed by atoms with van der Waals surface area (Å²) in [6.07, 6.45) is 29.8. The quantitative estimate of drug-likeness (QED) is 0.124. The molecular formula is C36H61N3O2. The maximum atomic E-state index is 12.3. The Morgan fingerprint density at radius 2 is 1.32 bits per heavy atom. The lowest BCUT2D eigenvalue weighted by molar-refractivity contribution is -0.121. The Labute approximate surface area is 251 Å². The smallest absolute Gasteiger partial charge is 0.220 e. The molecule has 1 fully saturated rings. The number of morpholine rings is 1. The number of hydrogen-bond donors (Lipinski definition) is 2. The number of rotatable bonds is 24. The fourth-order valence-electron chi connectivity index (χ4n) is 6.18. The molecule has 3 rings (SSSR count). The minimum atomic E-state index is 0.200. The topological polar surface area (TPSA) is 57.4 Å². The predicted molar refractivity (Wildman–Crippen MR) is 176 cm³/mol. The van der Waals surface area contributed by atoms with Gasteiger partial charge >= 0.3 is 0 Å². The lowest BCUT2D eigenvalue weighted by atomic mass is 10.0. The predicted octanol–water partition coefficient (Wildman–Crippen LogP) is 9.49. The van der Waals surface area contributed by atoms with E-state index in [0.717, 1.165) is 44.7 Å². The summed E-state index contributed by atoms with van der Waals surface area (Å²) in [5.41, 5.74) is 3.70. The number of aromatic nitrogens is 1. The van der Waals surface area contributed by atoms with E-state index >= 15 is 0 Å². The van der Waals surface area contributed by atoms with Gasteiger partial charge in [0.1, 0.15) is 0 Å². The molecule has 1 aromatic carbocycles. The zero-order chi connectivity index (χ0) is 28.8. The summed E-state index contributed by atoms with van der Waals surface area (Å²) in [7, 11) is 0. The molecule has 5 nitrogen and oxygen atoms in total. The van der Waals surface area contributed by atoms with E-state index in [1.54, 1.807) is 0 Å². The molecule has 1 amide bonds. The summed E-state index contributed by atoms with van der Waals surface area (Å²) in [6.45, 7) is 6.47. The highest BCUT2D eigenvalue weighted by atomic mass is 16.5. The monoisotopic (exact) mass is 567 g/mol. The van der Waals surface area contributed by atoms with Crippen LogP contribution in [0.1, 0.15) is 141 Å². The van der Waals surface area contributed by atoms with Gasteiger partial charge in [-0.1, -0.05) is 122 Å². The number of carbonyl (C=O) groups is 1. The van der Waals surface area contributed by atoms with E-state index in [2.05, 4.69) is 46.5 Å². The number of nitrogens with zero attached hydrogens (tertiary/aromatic N) is 1. The van der Waals surface area contributed by atoms with Gasteiger partial charge in [-0.15, -0.1) is 0 Å². The second-order valence-corrected chi connectivity index (χ2v) is 12.4. The SMILES string of the molecule is CCCCCCCCCCCCCCCCCCCCCC(=O)NCCc1c[nH]c2ccc(N3CCOCC3)cc12. The fraction of sp³-hybridized carbons (Fsp3) is 0.750. The lowest BCUT2D eigenvalue weighted by Crippen LogP contribution is -2.36. The number of hydrogen-bond acceptors (Lipinski definition) is 3. The van der Waals surface area contributed by atoms with Gasteiger partial charge in [0.2, 0.25) is 5.91 Å². The van der Waals surface area contributed by atoms with Crippen LogP contribution in [0.3, 0.4) is 0 Å². The van der Waals surface area contributed by atoms with Crippen molar-refractivity contribution in [3.8, 4) is 0 Å². The zero-order valence-electron chi connectivity index (χ0n) is 26.5. The summed E-state index contributed by atoms with van der Waals surface area (Å²) in [4.78, 5) is 18.1. The Kier molecular flexibility index (Phi) is 17.7. The first kappa shape index (κ1) is 33.5. The second kappa shape index (κ2) is 21.7. The van der Waals surface area contributed by atoms with Crippen molar-refractivity contribution in [2.45, 2.75) is 142 Å². The van der Waals surface area contributed by atoms with Gasteiger partial charge in [-0.2, -0.15) is 0 Å². The largest absolute Gasteiger partial charge is 0.378 e. The van der Waals surface area contributed by atoms with E-state index in [9.17, 15) is 4.79 Å². The molecule has 2 N–H and O–H groups in total. The Bertz CT molecular complexity index is 934. The van der Waals surface area contributed by atoms with Crippen LogP contribution in [-0.2, 0) is 16.0 Å². The number of amides is 1. The number of fused-ring (bicyclic) bond motifs is 1. The minimum absolute atomic E-state index is 0.200. The second-order valence-electron chi connectivity index (χ2n) is 12.4. The van der Waals surface area contributed by atoms with Crippen molar-refractivity contribution in [1.82, 2.24) is 10.3 Å². The summed E-state index contributed by atoms with van der Waals surface area (Å²) in [6, 6.07) is 6.64. The van der Waals surface area contributed by atoms with Gasteiger partial charge in [0.25, 0.3) is 0 Å². The summed E-state index contributed by atoms with van der Waals surface area (Å²) in [5.74, 6) is 0.200. The van der Waals surface area contributed by atoms with Crippen LogP contribution in [0, 0.1) is 0 Å². The van der Waals surface area contributed by atoms with Crippen LogP contribution in [0.4, 0.5) is 5.69 Å². The van der Waals surface area contributed by atoms with Crippen LogP contribution in [0.15, 0.2) is 24.4 Å². The third-order valence-electron chi connectivity index (χ3n) is 8.85. The molecule has 41 heavy (non-hydrogen) atoms. The van der Waals surface area contributed by atoms with Gasteiger partial charge < -0.3 is 19.9 Å². The molecule has 0 saturated carbocycles. The van der Waals surface area contributed by atoms with E-state index in [1.807, 2.05) is 0 Å². The highest BCUT2D eigenvalue weighted by Crippen LogP contribution is 2.25. The van der Waals surface area contributed by atoms with Crippen molar-refractivity contribution in [3.05, 3.63) is 30.0 Å². The number of benzene rings is 1. The highest BCUT2D eigenvalue weighted by Gasteiger charge is 2.13. The summed E-state index contributed by atoms with van der Waals surface area (Å²) >= 11 is 0. The van der Waals surface area contributed by atoms with E-state index in [-0.39, 0.29) is 5.91 Å². The van der Waals surface area contributed by atoms with Crippen molar-refractivity contribution < 1.29 is 9.53 Å². The lowest BCUT2D eigenvalue weighted by Gasteiger charge is -2.29. The summed E-state index contributed by atoms with van der Waals surface area (Å²) in [5, 5.41) is 4.41. The first-order valence-electron chi connectivity index (χ1n) is 17.5. The number of unbranched alkanes of at least 4 members (excludes halogenated alkanes) is 18. The van der Waals surface area contributed by atoms with Crippen LogP contribution in [0.5, 0.6) is 0 Å². The van der Waals surface area contributed by atoms with Crippen LogP contribution in [0.25, 0.3) is 10.9 Å². The number of carbonyl (C=O) groups excluding carboxylic acids is 1. The van der Waals surface area contributed by atoms with Crippen LogP contribution >= 0.6 is 0 Å². The molecule has 1 aliphatic heterocycles. The van der Waals surface area contributed by atoms with Crippen molar-refractivity contribution in [1.29, 1.82) is 0 Å². The van der Waals surface area contributed by atoms with Gasteiger partial charge in [0, 0.05) is 48.8 Å². The number of ether oxygens (including phenoxy) is 1. The van der Waals surface area contributed by atoms with Crippen molar-refractivity contribution >= 4 is 22.5 Å². The molecule has 0 atom stereocenters. The number of aromatic amines is 1. The number of anilines is 1. The average molecular weight is 568 g/mol. The van der Waals surface area contributed by atoms with E-state index < -0.39 is 0 Å². The molecular weight excluding hydrogens is 506 g/mol. The van der Waals surface area contributed by atoms with Gasteiger partial charge in [0.15, 0.2) is 0 Å². The van der Waals surface area contributed by atoms with Gasteiger partial charge in [-0.05, 0) is 36.6 Å². The molecule has 0 spiro atoms. The highest BCUT2D eigenvalue weighted by molar-refractivity contribution is 5.86. The Balaban J connectivity index is 1.10. The van der Waals surface area contributed by atoms with Gasteiger partial charge in [-0.3, -0.25) is 4.79 Å². The van der Waals surface area contributed by atoms with Crippen molar-refractivity contribution in [2.75, 3.05) is 37.7 Å². The minimum Gasteiger partial charge on any atom is -0.378 e. The zero-order valence-corrected chi connectivity index (χ0v) is 26.5. The molecule has 2 heterocycles. The molecule has 0 unspecified atom stereocenters. The van der Waals surface area contributed by atoms with E-state index in [0.29, 0.717) is 13.0 Å². The molecule has 0 radical (unpaired) electrons. The molecule has 0 aliphatic carbocycles. The number of H-pyrrole nitrogens is 1. The Hall–Kier alpha value is -2.01. The van der Waals surface area contributed by atoms with Crippen molar-refractivity contribution in [2.24, 2.45) is 0 Å². The first-order chi connectivity index (χ1) is 20.3. The van der Waals surface area contributed by atoms with Gasteiger partial charge in [-0.25, -0.2) is 0 Å². The Morgan fingerprint density at radius 3 is 1.88 bits per heavy atom. The third kappa shape index (κ3) is 14.1. The summed E-state index contributed by atoms with van der Waals surface area (Å²) < 4.78 is 5.50. The van der Waals surface area contributed by atoms with E-state index in [1.165, 1.54) is 132 Å². The standard InChI is InChI=1S/C36H61N3O2/c1-2-3-4-5-6-7-8-9-10-11-12-13-14-15-16-17-18-19-20-21-36(40)37-25-24-32-31-38-35-23-22-33(30-34(32)35)39-26-28-41-29-27-39/h22-23,30-31,38H,2-21,24-29H2,1H3,(H,37,40). The third-order valence-corrected chi connectivity index (χ3v) is 8.85. The van der Waals surface area contributed by atoms with Crippen LogP contribution in [0.2, 0.25) is 0 Å². The first-order valence-corrected chi connectivity index (χ1v) is 17.5. The number of nitrogens with one attached hydrogen (secondary N) is 2. The molecule has 0 bridgehead atoms. The van der Waals surface area contributed by atoms with Gasteiger partial charge in [0.05, 0.1) is 13.2 Å². The molecule has 1 aliphatic rings. The molecule has 1 saturated heterocycles. The maximum Gasteiger partial charge on any atom is 0.220 e. The maximum absolute atomic E-state index is 12.3. The van der Waals surface area contributed by atoms with Crippen molar-refractivity contribution in [3.63, 3.8) is 0 Å². The Morgan fingerprint density at radius 1 is 0.780 bits per heavy atom. The molecule has 2 aromatic rings.